The molecule has 0 aliphatic carbocycles. The minimum atomic E-state index is -0.00236. The van der Waals surface area contributed by atoms with Crippen LogP contribution in [-0.4, -0.2) is 60.6 Å². The summed E-state index contributed by atoms with van der Waals surface area (Å²) in [5.74, 6) is 0. The molecule has 1 unspecified atom stereocenters. The van der Waals surface area contributed by atoms with Crippen molar-refractivity contribution in [3.8, 4) is 0 Å². The monoisotopic (exact) mass is 240 g/mol. The van der Waals surface area contributed by atoms with E-state index in [9.17, 15) is 9.59 Å². The van der Waals surface area contributed by atoms with Crippen LogP contribution in [0.2, 0.25) is 0 Å². The Labute approximate surface area is 101 Å². The van der Waals surface area contributed by atoms with Crippen LogP contribution >= 0.6 is 0 Å². The van der Waals surface area contributed by atoms with Crippen LogP contribution in [0.1, 0.15) is 19.8 Å². The molecule has 0 aromatic rings. The lowest BCUT2D eigenvalue weighted by molar-refractivity contribution is 0.129. The van der Waals surface area contributed by atoms with Gasteiger partial charge in [0.25, 0.3) is 0 Å². The minimum absolute atomic E-state index is 0.000964. The minimum Gasteiger partial charge on any atom is -0.338 e. The molecule has 6 heteroatoms. The van der Waals surface area contributed by atoms with Gasteiger partial charge >= 0.3 is 12.1 Å². The topological polar surface area (TPSA) is 64.7 Å². The maximum Gasteiger partial charge on any atom is 0.317 e. The fraction of sp³-hybridized carbons (Fsp3) is 0.818. The van der Waals surface area contributed by atoms with Crippen LogP contribution in [0.15, 0.2) is 0 Å². The van der Waals surface area contributed by atoms with Crippen molar-refractivity contribution >= 4 is 12.1 Å². The van der Waals surface area contributed by atoms with E-state index >= 15 is 0 Å². The predicted molar refractivity (Wildman–Crippen MR) is 63.8 cm³/mol. The summed E-state index contributed by atoms with van der Waals surface area (Å²) in [5, 5.41) is 5.71. The summed E-state index contributed by atoms with van der Waals surface area (Å²) >= 11 is 0. The SMILES string of the molecule is CCCCNC(=O)N1CCN2C(=O)NCC2C1. The molecule has 0 bridgehead atoms. The number of fused-ring (bicyclic) bond motifs is 1. The van der Waals surface area contributed by atoms with Crippen LogP contribution in [0.5, 0.6) is 0 Å². The normalized spacial score (nSPS) is 23.4. The average Bonchev–Trinajstić information content (AvgIpc) is 2.71. The molecule has 4 amide bonds. The van der Waals surface area contributed by atoms with Crippen LogP contribution < -0.4 is 10.6 Å². The van der Waals surface area contributed by atoms with Crippen molar-refractivity contribution in [1.82, 2.24) is 20.4 Å². The first-order chi connectivity index (χ1) is 8.22. The number of piperazine rings is 1. The summed E-state index contributed by atoms with van der Waals surface area (Å²) in [5.41, 5.74) is 0. The van der Waals surface area contributed by atoms with Gasteiger partial charge in [0.2, 0.25) is 0 Å². The average molecular weight is 240 g/mol. The summed E-state index contributed by atoms with van der Waals surface area (Å²) in [6.07, 6.45) is 2.09. The van der Waals surface area contributed by atoms with E-state index in [4.69, 9.17) is 0 Å². The van der Waals surface area contributed by atoms with E-state index in [0.29, 0.717) is 26.2 Å². The molecule has 0 aromatic carbocycles. The van der Waals surface area contributed by atoms with Gasteiger partial charge in [-0.2, -0.15) is 0 Å². The highest BCUT2D eigenvalue weighted by molar-refractivity contribution is 5.78. The molecule has 0 radical (unpaired) electrons. The zero-order valence-corrected chi connectivity index (χ0v) is 10.2. The van der Waals surface area contributed by atoms with Gasteiger partial charge in [-0.1, -0.05) is 13.3 Å². The second kappa shape index (κ2) is 5.25. The van der Waals surface area contributed by atoms with Gasteiger partial charge in [0.15, 0.2) is 0 Å². The predicted octanol–water partition coefficient (Wildman–Crippen LogP) is 0.206. The Morgan fingerprint density at radius 3 is 3.12 bits per heavy atom. The Bertz CT molecular complexity index is 308. The molecular formula is C11H20N4O2. The summed E-state index contributed by atoms with van der Waals surface area (Å²) in [7, 11) is 0. The molecule has 6 nitrogen and oxygen atoms in total. The highest BCUT2D eigenvalue weighted by Crippen LogP contribution is 2.13. The molecule has 2 aliphatic heterocycles. The fourth-order valence-electron chi connectivity index (χ4n) is 2.27. The van der Waals surface area contributed by atoms with Crippen LogP contribution in [0, 0.1) is 0 Å². The van der Waals surface area contributed by atoms with E-state index in [0.717, 1.165) is 19.4 Å². The van der Waals surface area contributed by atoms with Gasteiger partial charge in [0, 0.05) is 32.7 Å². The number of urea groups is 2. The van der Waals surface area contributed by atoms with Crippen LogP contribution in [0.3, 0.4) is 0 Å². The Morgan fingerprint density at radius 2 is 2.35 bits per heavy atom. The van der Waals surface area contributed by atoms with Crippen molar-refractivity contribution in [2.24, 2.45) is 0 Å². The lowest BCUT2D eigenvalue weighted by atomic mass is 10.2. The molecule has 1 atom stereocenters. The van der Waals surface area contributed by atoms with Crippen molar-refractivity contribution < 1.29 is 9.59 Å². The van der Waals surface area contributed by atoms with Crippen molar-refractivity contribution in [2.45, 2.75) is 25.8 Å². The summed E-state index contributed by atoms with van der Waals surface area (Å²) in [6.45, 7) is 5.38. The molecule has 96 valence electrons. The van der Waals surface area contributed by atoms with Crippen molar-refractivity contribution in [2.75, 3.05) is 32.7 Å². The third-order valence-corrected chi connectivity index (χ3v) is 3.33. The molecule has 17 heavy (non-hydrogen) atoms. The first kappa shape index (κ1) is 12.0. The summed E-state index contributed by atoms with van der Waals surface area (Å²) in [6, 6.07) is 0.145. The highest BCUT2D eigenvalue weighted by atomic mass is 16.2. The van der Waals surface area contributed by atoms with E-state index in [1.54, 1.807) is 4.90 Å². The molecule has 2 rings (SSSR count). The fourth-order valence-corrected chi connectivity index (χ4v) is 2.27. The van der Waals surface area contributed by atoms with Gasteiger partial charge in [-0.15, -0.1) is 0 Å². The maximum absolute atomic E-state index is 11.8. The zero-order valence-electron chi connectivity index (χ0n) is 10.2. The molecule has 0 saturated carbocycles. The number of nitrogens with one attached hydrogen (secondary N) is 2. The van der Waals surface area contributed by atoms with Gasteiger partial charge in [-0.05, 0) is 6.42 Å². The number of carbonyl (C=O) groups excluding carboxylic acids is 2. The summed E-state index contributed by atoms with van der Waals surface area (Å²) < 4.78 is 0. The number of unbranched alkanes of at least 4 members (excludes halogenated alkanes) is 1. The Kier molecular flexibility index (Phi) is 3.71. The number of hydrogen-bond acceptors (Lipinski definition) is 2. The molecule has 2 heterocycles. The largest absolute Gasteiger partial charge is 0.338 e. The first-order valence-corrected chi connectivity index (χ1v) is 6.29. The van der Waals surface area contributed by atoms with E-state index < -0.39 is 0 Å². The van der Waals surface area contributed by atoms with Crippen molar-refractivity contribution in [3.05, 3.63) is 0 Å². The number of nitrogens with zero attached hydrogens (tertiary/aromatic N) is 2. The van der Waals surface area contributed by atoms with Crippen molar-refractivity contribution in [3.63, 3.8) is 0 Å². The van der Waals surface area contributed by atoms with Crippen LogP contribution in [0.25, 0.3) is 0 Å². The third kappa shape index (κ3) is 2.62. The van der Waals surface area contributed by atoms with Gasteiger partial charge < -0.3 is 20.4 Å². The van der Waals surface area contributed by atoms with Gasteiger partial charge in [0.1, 0.15) is 0 Å². The van der Waals surface area contributed by atoms with Crippen molar-refractivity contribution in [1.29, 1.82) is 0 Å². The molecule has 2 saturated heterocycles. The Hall–Kier alpha value is -1.46. The third-order valence-electron chi connectivity index (χ3n) is 3.33. The quantitative estimate of drug-likeness (QED) is 0.692. The van der Waals surface area contributed by atoms with Gasteiger partial charge in [-0.25, -0.2) is 9.59 Å². The van der Waals surface area contributed by atoms with E-state index in [1.807, 2.05) is 4.90 Å². The summed E-state index contributed by atoms with van der Waals surface area (Å²) in [4.78, 5) is 26.8. The maximum atomic E-state index is 11.8. The standard InChI is InChI=1S/C11H20N4O2/c1-2-3-4-12-10(16)14-5-6-15-9(8-14)7-13-11(15)17/h9H,2-8H2,1H3,(H,12,16)(H,13,17). The van der Waals surface area contributed by atoms with Gasteiger partial charge in [0.05, 0.1) is 6.04 Å². The smallest absolute Gasteiger partial charge is 0.317 e. The molecule has 2 N–H and O–H groups in total. The van der Waals surface area contributed by atoms with Crippen LogP contribution in [-0.2, 0) is 0 Å². The van der Waals surface area contributed by atoms with E-state index in [-0.39, 0.29) is 18.1 Å². The molecule has 0 spiro atoms. The molecule has 0 aromatic heterocycles. The first-order valence-electron chi connectivity index (χ1n) is 6.29. The lowest BCUT2D eigenvalue weighted by Gasteiger charge is -2.36. The van der Waals surface area contributed by atoms with Gasteiger partial charge in [-0.3, -0.25) is 0 Å². The number of amides is 4. The van der Waals surface area contributed by atoms with E-state index in [1.165, 1.54) is 0 Å². The van der Waals surface area contributed by atoms with Crippen LogP contribution in [0.4, 0.5) is 9.59 Å². The second-order valence-corrected chi connectivity index (χ2v) is 4.56. The number of rotatable bonds is 3. The molecular weight excluding hydrogens is 220 g/mol. The Balaban J connectivity index is 1.80. The molecule has 2 fully saturated rings. The highest BCUT2D eigenvalue weighted by Gasteiger charge is 2.36. The second-order valence-electron chi connectivity index (χ2n) is 4.56. The molecule has 2 aliphatic rings. The van der Waals surface area contributed by atoms with E-state index in [2.05, 4.69) is 17.6 Å². The number of carbonyl (C=O) groups is 2. The lowest BCUT2D eigenvalue weighted by Crippen LogP contribution is -2.56. The zero-order chi connectivity index (χ0) is 12.3. The Morgan fingerprint density at radius 1 is 1.53 bits per heavy atom. The number of hydrogen-bond donors (Lipinski definition) is 2.